The van der Waals surface area contributed by atoms with Crippen LogP contribution in [0.2, 0.25) is 0 Å². The summed E-state index contributed by atoms with van der Waals surface area (Å²) in [6.07, 6.45) is 0.229. The number of hydrogen-bond acceptors (Lipinski definition) is 2. The van der Waals surface area contributed by atoms with Gasteiger partial charge in [-0.25, -0.2) is 0 Å². The number of ether oxygens (including phenoxy) is 1. The van der Waals surface area contributed by atoms with Crippen molar-refractivity contribution in [3.63, 3.8) is 0 Å². The van der Waals surface area contributed by atoms with E-state index in [0.29, 0.717) is 12.3 Å². The summed E-state index contributed by atoms with van der Waals surface area (Å²) in [6.45, 7) is 4.58. The summed E-state index contributed by atoms with van der Waals surface area (Å²) < 4.78 is 5.42. The van der Waals surface area contributed by atoms with Gasteiger partial charge in [-0.15, -0.1) is 0 Å². The molecule has 0 aliphatic heterocycles. The molecule has 0 saturated heterocycles. The molecule has 4 heteroatoms. The molecule has 0 aliphatic carbocycles. The van der Waals surface area contributed by atoms with Crippen molar-refractivity contribution < 1.29 is 4.74 Å². The molecule has 1 aromatic rings. The number of azide groups is 1. The van der Waals surface area contributed by atoms with Crippen LogP contribution < -0.4 is 0 Å². The first-order valence-corrected chi connectivity index (χ1v) is 4.48. The minimum absolute atomic E-state index is 0.229. The number of rotatable bonds is 4. The molecule has 0 saturated carbocycles. The highest BCUT2D eigenvalue weighted by atomic mass is 16.5. The smallest absolute Gasteiger partial charge is 0.0720 e. The minimum atomic E-state index is 0.229. The fourth-order valence-corrected chi connectivity index (χ4v) is 0.973. The topological polar surface area (TPSA) is 58.0 Å². The maximum atomic E-state index is 8.20. The molecule has 74 valence electrons. The van der Waals surface area contributed by atoms with Gasteiger partial charge in [0, 0.05) is 10.6 Å². The van der Waals surface area contributed by atoms with Crippen LogP contribution in [0.4, 0.5) is 5.69 Å². The Hall–Kier alpha value is -1.51. The van der Waals surface area contributed by atoms with Crippen molar-refractivity contribution in [3.8, 4) is 0 Å². The van der Waals surface area contributed by atoms with Gasteiger partial charge in [0.25, 0.3) is 0 Å². The van der Waals surface area contributed by atoms with Crippen LogP contribution in [-0.2, 0) is 11.3 Å². The summed E-state index contributed by atoms with van der Waals surface area (Å²) in [6, 6.07) is 7.34. The van der Waals surface area contributed by atoms with E-state index in [0.717, 1.165) is 5.56 Å². The number of hydrogen-bond donors (Lipinski definition) is 0. The van der Waals surface area contributed by atoms with Gasteiger partial charge in [-0.1, -0.05) is 29.4 Å². The first-order valence-electron chi connectivity index (χ1n) is 4.48. The molecule has 0 amide bonds. The lowest BCUT2D eigenvalue weighted by atomic mass is 10.2. The Bertz CT molecular complexity index is 326. The van der Waals surface area contributed by atoms with E-state index < -0.39 is 0 Å². The molecule has 0 aliphatic rings. The molecule has 1 rings (SSSR count). The summed E-state index contributed by atoms with van der Waals surface area (Å²) in [5, 5.41) is 3.48. The molecule has 4 nitrogen and oxygen atoms in total. The standard InChI is InChI=1S/C10H13N3O/c1-8(2)14-7-9-3-5-10(6-4-9)12-13-11/h3-6,8H,7H2,1-2H3. The van der Waals surface area contributed by atoms with Gasteiger partial charge in [-0.3, -0.25) is 0 Å². The lowest BCUT2D eigenvalue weighted by Gasteiger charge is -2.07. The molecular formula is C10H13N3O. The van der Waals surface area contributed by atoms with Gasteiger partial charge >= 0.3 is 0 Å². The van der Waals surface area contributed by atoms with Crippen molar-refractivity contribution in [2.45, 2.75) is 26.6 Å². The Kier molecular flexibility index (Phi) is 3.98. The van der Waals surface area contributed by atoms with Gasteiger partial charge < -0.3 is 4.74 Å². The summed E-state index contributed by atoms with van der Waals surface area (Å²) in [5.41, 5.74) is 9.90. The van der Waals surface area contributed by atoms with Crippen LogP contribution in [-0.4, -0.2) is 6.10 Å². The lowest BCUT2D eigenvalue weighted by molar-refractivity contribution is 0.0657. The minimum Gasteiger partial charge on any atom is -0.374 e. The zero-order valence-electron chi connectivity index (χ0n) is 8.34. The number of nitrogens with zero attached hydrogens (tertiary/aromatic N) is 3. The Balaban J connectivity index is 2.59. The van der Waals surface area contributed by atoms with Crippen molar-refractivity contribution in [1.82, 2.24) is 0 Å². The van der Waals surface area contributed by atoms with Crippen LogP contribution in [0.5, 0.6) is 0 Å². The maximum absolute atomic E-state index is 8.20. The van der Waals surface area contributed by atoms with E-state index in [1.54, 1.807) is 12.1 Å². The van der Waals surface area contributed by atoms with Gasteiger partial charge in [0.05, 0.1) is 12.7 Å². The maximum Gasteiger partial charge on any atom is 0.0720 e. The fraction of sp³-hybridized carbons (Fsp3) is 0.400. The third-order valence-corrected chi connectivity index (χ3v) is 1.68. The van der Waals surface area contributed by atoms with Crippen LogP contribution in [0.3, 0.4) is 0 Å². The second kappa shape index (κ2) is 5.27. The van der Waals surface area contributed by atoms with Crippen LogP contribution in [0, 0.1) is 0 Å². The fourth-order valence-electron chi connectivity index (χ4n) is 0.973. The molecule has 0 spiro atoms. The monoisotopic (exact) mass is 191 g/mol. The Morgan fingerprint density at radius 3 is 2.50 bits per heavy atom. The van der Waals surface area contributed by atoms with Crippen LogP contribution >= 0.6 is 0 Å². The second-order valence-electron chi connectivity index (χ2n) is 3.22. The van der Waals surface area contributed by atoms with Crippen molar-refractivity contribution in [3.05, 3.63) is 40.3 Å². The quantitative estimate of drug-likeness (QED) is 0.408. The third kappa shape index (κ3) is 3.47. The highest BCUT2D eigenvalue weighted by Gasteiger charge is 1.95. The van der Waals surface area contributed by atoms with Gasteiger partial charge in [-0.05, 0) is 24.9 Å². The van der Waals surface area contributed by atoms with Crippen molar-refractivity contribution in [1.29, 1.82) is 0 Å². The zero-order valence-corrected chi connectivity index (χ0v) is 8.34. The molecule has 1 aromatic carbocycles. The SMILES string of the molecule is CC(C)OCc1ccc(N=[N+]=[N-])cc1. The molecule has 0 unspecified atom stereocenters. The van der Waals surface area contributed by atoms with Gasteiger partial charge in [0.15, 0.2) is 0 Å². The second-order valence-corrected chi connectivity index (χ2v) is 3.22. The Labute approximate surface area is 83.1 Å². The summed E-state index contributed by atoms with van der Waals surface area (Å²) in [4.78, 5) is 2.70. The third-order valence-electron chi connectivity index (χ3n) is 1.68. The van der Waals surface area contributed by atoms with E-state index in [9.17, 15) is 0 Å². The van der Waals surface area contributed by atoms with E-state index in [1.807, 2.05) is 26.0 Å². The average Bonchev–Trinajstić information content (AvgIpc) is 2.17. The van der Waals surface area contributed by atoms with Gasteiger partial charge in [0.1, 0.15) is 0 Å². The van der Waals surface area contributed by atoms with Crippen molar-refractivity contribution >= 4 is 5.69 Å². The molecule has 0 fully saturated rings. The van der Waals surface area contributed by atoms with E-state index in [2.05, 4.69) is 10.0 Å². The molecular weight excluding hydrogens is 178 g/mol. The molecule has 0 bridgehead atoms. The van der Waals surface area contributed by atoms with Gasteiger partial charge in [-0.2, -0.15) is 0 Å². The van der Waals surface area contributed by atoms with E-state index in [4.69, 9.17) is 10.3 Å². The van der Waals surface area contributed by atoms with Crippen molar-refractivity contribution in [2.75, 3.05) is 0 Å². The highest BCUT2D eigenvalue weighted by molar-refractivity contribution is 5.38. The summed E-state index contributed by atoms with van der Waals surface area (Å²) >= 11 is 0. The van der Waals surface area contributed by atoms with Crippen LogP contribution in [0.25, 0.3) is 10.4 Å². The molecule has 14 heavy (non-hydrogen) atoms. The van der Waals surface area contributed by atoms with Crippen LogP contribution in [0.15, 0.2) is 29.4 Å². The van der Waals surface area contributed by atoms with E-state index in [1.165, 1.54) is 0 Å². The molecule has 0 aromatic heterocycles. The van der Waals surface area contributed by atoms with Gasteiger partial charge in [0.2, 0.25) is 0 Å². The molecule has 0 atom stereocenters. The zero-order chi connectivity index (χ0) is 10.4. The number of benzene rings is 1. The predicted molar refractivity (Wildman–Crippen MR) is 55.2 cm³/mol. The molecule has 0 radical (unpaired) electrons. The van der Waals surface area contributed by atoms with E-state index in [-0.39, 0.29) is 6.10 Å². The average molecular weight is 191 g/mol. The van der Waals surface area contributed by atoms with E-state index >= 15 is 0 Å². The molecule has 0 N–H and O–H groups in total. The van der Waals surface area contributed by atoms with Crippen molar-refractivity contribution in [2.24, 2.45) is 5.11 Å². The normalized spacial score (nSPS) is 9.93. The summed E-state index contributed by atoms with van der Waals surface area (Å²) in [7, 11) is 0. The Morgan fingerprint density at radius 2 is 2.00 bits per heavy atom. The Morgan fingerprint density at radius 1 is 1.36 bits per heavy atom. The van der Waals surface area contributed by atoms with Crippen LogP contribution in [0.1, 0.15) is 19.4 Å². The predicted octanol–water partition coefficient (Wildman–Crippen LogP) is 3.55. The lowest BCUT2D eigenvalue weighted by Crippen LogP contribution is -2.01. The first-order chi connectivity index (χ1) is 6.72. The highest BCUT2D eigenvalue weighted by Crippen LogP contribution is 2.13. The molecule has 0 heterocycles. The summed E-state index contributed by atoms with van der Waals surface area (Å²) in [5.74, 6) is 0. The largest absolute Gasteiger partial charge is 0.374 e. The first kappa shape index (κ1) is 10.6.